The van der Waals surface area contributed by atoms with Crippen molar-refractivity contribution in [2.45, 2.75) is 44.2 Å². The lowest BCUT2D eigenvalue weighted by molar-refractivity contribution is -0.149. The van der Waals surface area contributed by atoms with Crippen LogP contribution in [0.2, 0.25) is 0 Å². The molecule has 2 rings (SSSR count). The third kappa shape index (κ3) is 3.46. The van der Waals surface area contributed by atoms with E-state index in [9.17, 15) is 4.79 Å². The lowest BCUT2D eigenvalue weighted by Crippen LogP contribution is -2.48. The van der Waals surface area contributed by atoms with Gasteiger partial charge in [0.25, 0.3) is 0 Å². The minimum absolute atomic E-state index is 0.218. The fraction of sp³-hybridized carbons (Fsp3) is 0.929. The lowest BCUT2D eigenvalue weighted by Gasteiger charge is -2.29. The summed E-state index contributed by atoms with van der Waals surface area (Å²) in [5.41, 5.74) is 5.49. The van der Waals surface area contributed by atoms with Crippen molar-refractivity contribution in [3.05, 3.63) is 0 Å². The van der Waals surface area contributed by atoms with E-state index in [1.54, 1.807) is 0 Å². The van der Waals surface area contributed by atoms with Gasteiger partial charge in [0.15, 0.2) is 0 Å². The van der Waals surface area contributed by atoms with Crippen molar-refractivity contribution in [3.8, 4) is 0 Å². The predicted octanol–water partition coefficient (Wildman–Crippen LogP) is 0.437. The minimum Gasteiger partial charge on any atom is -0.465 e. The van der Waals surface area contributed by atoms with Crippen molar-refractivity contribution >= 4 is 5.97 Å². The van der Waals surface area contributed by atoms with Crippen LogP contribution in [0.3, 0.4) is 0 Å². The largest absolute Gasteiger partial charge is 0.465 e. The predicted molar refractivity (Wildman–Crippen MR) is 74.9 cm³/mol. The van der Waals surface area contributed by atoms with Gasteiger partial charge >= 0.3 is 5.97 Å². The molecule has 5 nitrogen and oxygen atoms in total. The molecule has 0 aromatic heterocycles. The van der Waals surface area contributed by atoms with Gasteiger partial charge in [0.1, 0.15) is 5.54 Å². The first kappa shape index (κ1) is 14.8. The van der Waals surface area contributed by atoms with Crippen molar-refractivity contribution in [1.82, 2.24) is 9.80 Å². The number of ether oxygens (including phenoxy) is 1. The summed E-state index contributed by atoms with van der Waals surface area (Å²) >= 11 is 0. The van der Waals surface area contributed by atoms with Crippen molar-refractivity contribution in [1.29, 1.82) is 0 Å². The Morgan fingerprint density at radius 2 is 2.16 bits per heavy atom. The molecule has 2 unspecified atom stereocenters. The number of hydrogen-bond acceptors (Lipinski definition) is 5. The highest BCUT2D eigenvalue weighted by Crippen LogP contribution is 2.32. The molecule has 2 atom stereocenters. The second-order valence-electron chi connectivity index (χ2n) is 5.97. The number of hydrogen-bond donors (Lipinski definition) is 1. The first-order chi connectivity index (χ1) is 9.05. The molecule has 1 saturated carbocycles. The lowest BCUT2D eigenvalue weighted by atomic mass is 9.99. The Labute approximate surface area is 116 Å². The maximum Gasteiger partial charge on any atom is 0.326 e. The Morgan fingerprint density at radius 3 is 2.89 bits per heavy atom. The van der Waals surface area contributed by atoms with Crippen LogP contribution in [-0.4, -0.2) is 67.2 Å². The third-order valence-electron chi connectivity index (χ3n) is 4.48. The van der Waals surface area contributed by atoms with Crippen LogP contribution >= 0.6 is 0 Å². The zero-order valence-corrected chi connectivity index (χ0v) is 12.2. The standard InChI is InChI=1S/C14H27N3O2/c1-3-19-13(18)14(15)6-5-12(11-14)17-8-4-7-16(2)9-10-17/h12H,3-11,15H2,1-2H3. The highest BCUT2D eigenvalue weighted by molar-refractivity contribution is 5.81. The van der Waals surface area contributed by atoms with Crippen LogP contribution in [0.25, 0.3) is 0 Å². The van der Waals surface area contributed by atoms with Crippen LogP contribution in [0.15, 0.2) is 0 Å². The summed E-state index contributed by atoms with van der Waals surface area (Å²) in [7, 11) is 2.17. The molecule has 2 aliphatic rings. The Balaban J connectivity index is 1.92. The fourth-order valence-corrected chi connectivity index (χ4v) is 3.25. The highest BCUT2D eigenvalue weighted by atomic mass is 16.5. The van der Waals surface area contributed by atoms with Gasteiger partial charge in [-0.05, 0) is 52.7 Å². The second-order valence-corrected chi connectivity index (χ2v) is 5.97. The molecule has 2 fully saturated rings. The molecule has 0 aromatic carbocycles. The van der Waals surface area contributed by atoms with Crippen LogP contribution in [0.5, 0.6) is 0 Å². The van der Waals surface area contributed by atoms with Crippen LogP contribution in [0.1, 0.15) is 32.6 Å². The number of rotatable bonds is 3. The van der Waals surface area contributed by atoms with Crippen molar-refractivity contribution < 1.29 is 9.53 Å². The summed E-state index contributed by atoms with van der Waals surface area (Å²) in [5.74, 6) is -0.218. The number of carbonyl (C=O) groups excluding carboxylic acids is 1. The zero-order chi connectivity index (χ0) is 13.9. The Kier molecular flexibility index (Phi) is 4.81. The fourth-order valence-electron chi connectivity index (χ4n) is 3.25. The summed E-state index contributed by atoms with van der Waals surface area (Å²) in [4.78, 5) is 16.8. The summed E-state index contributed by atoms with van der Waals surface area (Å²) < 4.78 is 5.12. The first-order valence-electron chi connectivity index (χ1n) is 7.44. The number of carbonyl (C=O) groups is 1. The van der Waals surface area contributed by atoms with Gasteiger partial charge in [0, 0.05) is 19.1 Å². The Bertz CT molecular complexity index is 324. The molecule has 0 spiro atoms. The van der Waals surface area contributed by atoms with Gasteiger partial charge < -0.3 is 15.4 Å². The summed E-state index contributed by atoms with van der Waals surface area (Å²) in [5, 5.41) is 0. The number of nitrogens with zero attached hydrogens (tertiary/aromatic N) is 2. The van der Waals surface area contributed by atoms with Crippen LogP contribution in [0.4, 0.5) is 0 Å². The van der Waals surface area contributed by atoms with E-state index in [-0.39, 0.29) is 5.97 Å². The monoisotopic (exact) mass is 269 g/mol. The van der Waals surface area contributed by atoms with E-state index in [1.807, 2.05) is 6.92 Å². The van der Waals surface area contributed by atoms with Crippen LogP contribution in [-0.2, 0) is 9.53 Å². The van der Waals surface area contributed by atoms with Crippen LogP contribution in [0, 0.1) is 0 Å². The molecule has 1 aliphatic carbocycles. The second kappa shape index (κ2) is 6.20. The molecule has 0 amide bonds. The van der Waals surface area contributed by atoms with E-state index in [0.29, 0.717) is 12.6 Å². The minimum atomic E-state index is -0.751. The zero-order valence-electron chi connectivity index (χ0n) is 12.2. The Hall–Kier alpha value is -0.650. The topological polar surface area (TPSA) is 58.8 Å². The Morgan fingerprint density at radius 1 is 1.37 bits per heavy atom. The van der Waals surface area contributed by atoms with Gasteiger partial charge in [0.2, 0.25) is 0 Å². The van der Waals surface area contributed by atoms with E-state index in [2.05, 4.69) is 16.8 Å². The molecule has 0 bridgehead atoms. The SMILES string of the molecule is CCOC(=O)C1(N)CCC(N2CCCN(C)CC2)C1. The number of esters is 1. The molecular formula is C14H27N3O2. The molecule has 1 heterocycles. The molecule has 110 valence electrons. The maximum absolute atomic E-state index is 11.9. The summed E-state index contributed by atoms with van der Waals surface area (Å²) in [6, 6.07) is 0.445. The van der Waals surface area contributed by atoms with E-state index < -0.39 is 5.54 Å². The van der Waals surface area contributed by atoms with Crippen molar-refractivity contribution in [3.63, 3.8) is 0 Å². The molecule has 2 N–H and O–H groups in total. The van der Waals surface area contributed by atoms with E-state index >= 15 is 0 Å². The van der Waals surface area contributed by atoms with Gasteiger partial charge in [-0.2, -0.15) is 0 Å². The number of likely N-dealkylation sites (N-methyl/N-ethyl adjacent to an activating group) is 1. The van der Waals surface area contributed by atoms with Gasteiger partial charge in [0.05, 0.1) is 6.61 Å². The van der Waals surface area contributed by atoms with Crippen molar-refractivity contribution in [2.75, 3.05) is 39.8 Å². The van der Waals surface area contributed by atoms with E-state index in [1.165, 1.54) is 6.42 Å². The van der Waals surface area contributed by atoms with Gasteiger partial charge in [-0.15, -0.1) is 0 Å². The summed E-state index contributed by atoms with van der Waals surface area (Å²) in [6.07, 6.45) is 3.71. The molecule has 1 aliphatic heterocycles. The van der Waals surface area contributed by atoms with Crippen molar-refractivity contribution in [2.24, 2.45) is 5.73 Å². The van der Waals surface area contributed by atoms with Gasteiger partial charge in [-0.25, -0.2) is 0 Å². The molecule has 1 saturated heterocycles. The van der Waals surface area contributed by atoms with Crippen LogP contribution < -0.4 is 5.73 Å². The normalized spacial score (nSPS) is 34.2. The molecule has 19 heavy (non-hydrogen) atoms. The molecule has 0 aromatic rings. The first-order valence-corrected chi connectivity index (χ1v) is 7.44. The smallest absolute Gasteiger partial charge is 0.326 e. The third-order valence-corrected chi connectivity index (χ3v) is 4.48. The number of nitrogens with two attached hydrogens (primary N) is 1. The average Bonchev–Trinajstić information content (AvgIpc) is 2.65. The maximum atomic E-state index is 11.9. The molecular weight excluding hydrogens is 242 g/mol. The molecule has 5 heteroatoms. The quantitative estimate of drug-likeness (QED) is 0.753. The average molecular weight is 269 g/mol. The highest BCUT2D eigenvalue weighted by Gasteiger charge is 2.44. The molecule has 0 radical (unpaired) electrons. The van der Waals surface area contributed by atoms with E-state index in [4.69, 9.17) is 10.5 Å². The van der Waals surface area contributed by atoms with Gasteiger partial charge in [-0.3, -0.25) is 9.69 Å². The van der Waals surface area contributed by atoms with E-state index in [0.717, 1.165) is 45.4 Å². The van der Waals surface area contributed by atoms with Gasteiger partial charge in [-0.1, -0.05) is 0 Å². The summed E-state index contributed by atoms with van der Waals surface area (Å²) in [6.45, 7) is 6.71.